The van der Waals surface area contributed by atoms with Crippen LogP contribution in [0, 0.1) is 6.92 Å². The predicted molar refractivity (Wildman–Crippen MR) is 111 cm³/mol. The minimum absolute atomic E-state index is 0.0110. The molecule has 29 heavy (non-hydrogen) atoms. The maximum absolute atomic E-state index is 12.9. The van der Waals surface area contributed by atoms with Gasteiger partial charge in [-0.05, 0) is 61.6 Å². The van der Waals surface area contributed by atoms with Crippen molar-refractivity contribution in [1.29, 1.82) is 0 Å². The van der Waals surface area contributed by atoms with Crippen molar-refractivity contribution in [3.63, 3.8) is 0 Å². The molecule has 1 aliphatic rings. The van der Waals surface area contributed by atoms with Crippen LogP contribution in [0.5, 0.6) is 0 Å². The molecule has 1 aliphatic heterocycles. The Kier molecular flexibility index (Phi) is 5.34. The zero-order valence-corrected chi connectivity index (χ0v) is 16.8. The number of likely N-dealkylation sites (tertiary alicyclic amines) is 1. The van der Waals surface area contributed by atoms with Gasteiger partial charge in [-0.25, -0.2) is 9.78 Å². The first-order chi connectivity index (χ1) is 14.0. The van der Waals surface area contributed by atoms with Crippen LogP contribution in [0.2, 0.25) is 0 Å². The number of imidazole rings is 1. The Bertz CT molecular complexity index is 1040. The Morgan fingerprint density at radius 2 is 2.00 bits per heavy atom. The normalized spacial score (nSPS) is 16.3. The van der Waals surface area contributed by atoms with E-state index in [4.69, 9.17) is 9.72 Å². The highest BCUT2D eigenvalue weighted by Crippen LogP contribution is 2.32. The summed E-state index contributed by atoms with van der Waals surface area (Å²) in [6.07, 6.45) is 2.99. The summed E-state index contributed by atoms with van der Waals surface area (Å²) >= 11 is 0. The summed E-state index contributed by atoms with van der Waals surface area (Å²) in [4.78, 5) is 34.5. The second kappa shape index (κ2) is 8.07. The maximum atomic E-state index is 12.9. The quantitative estimate of drug-likeness (QED) is 0.668. The Hall–Kier alpha value is -3.15. The summed E-state index contributed by atoms with van der Waals surface area (Å²) < 4.78 is 4.72. The smallest absolute Gasteiger partial charge is 0.337 e. The SMILES string of the molecule is COC(=O)c1ccc(CCC(=O)N2CCCC2c2nc3ccc(C)cc3[nH]2)cc1. The summed E-state index contributed by atoms with van der Waals surface area (Å²) in [5.41, 5.74) is 4.69. The summed E-state index contributed by atoms with van der Waals surface area (Å²) in [6, 6.07) is 13.4. The van der Waals surface area contributed by atoms with E-state index in [1.54, 1.807) is 12.1 Å². The molecule has 0 saturated carbocycles. The number of aromatic nitrogens is 2. The molecule has 2 heterocycles. The van der Waals surface area contributed by atoms with Crippen LogP contribution in [0.15, 0.2) is 42.5 Å². The fraction of sp³-hybridized carbons (Fsp3) is 0.348. The zero-order valence-electron chi connectivity index (χ0n) is 16.8. The number of esters is 1. The molecule has 6 heteroatoms. The van der Waals surface area contributed by atoms with Gasteiger partial charge in [-0.2, -0.15) is 0 Å². The number of hydrogen-bond donors (Lipinski definition) is 1. The number of carbonyl (C=O) groups is 2. The lowest BCUT2D eigenvalue weighted by atomic mass is 10.1. The molecular weight excluding hydrogens is 366 g/mol. The van der Waals surface area contributed by atoms with Crippen molar-refractivity contribution in [3.05, 3.63) is 65.0 Å². The van der Waals surface area contributed by atoms with E-state index < -0.39 is 0 Å². The number of rotatable bonds is 5. The van der Waals surface area contributed by atoms with Crippen LogP contribution in [0.1, 0.15) is 52.6 Å². The number of aromatic amines is 1. The van der Waals surface area contributed by atoms with Gasteiger partial charge in [0.05, 0.1) is 29.7 Å². The molecule has 1 fully saturated rings. The third-order valence-electron chi connectivity index (χ3n) is 5.55. The van der Waals surface area contributed by atoms with Crippen LogP contribution in [0.25, 0.3) is 11.0 Å². The molecule has 150 valence electrons. The third kappa shape index (κ3) is 4.01. The van der Waals surface area contributed by atoms with Crippen molar-refractivity contribution >= 4 is 22.9 Å². The van der Waals surface area contributed by atoms with Gasteiger partial charge in [0.2, 0.25) is 5.91 Å². The first-order valence-corrected chi connectivity index (χ1v) is 9.98. The van der Waals surface area contributed by atoms with E-state index in [0.29, 0.717) is 18.4 Å². The highest BCUT2D eigenvalue weighted by molar-refractivity contribution is 5.89. The lowest BCUT2D eigenvalue weighted by Gasteiger charge is -2.23. The Labute approximate surface area is 169 Å². The number of nitrogens with zero attached hydrogens (tertiary/aromatic N) is 2. The van der Waals surface area contributed by atoms with E-state index in [-0.39, 0.29) is 17.9 Å². The van der Waals surface area contributed by atoms with Gasteiger partial charge in [-0.15, -0.1) is 0 Å². The predicted octanol–water partition coefficient (Wildman–Crippen LogP) is 3.95. The number of ether oxygens (including phenoxy) is 1. The molecule has 0 spiro atoms. The molecular formula is C23H25N3O3. The van der Waals surface area contributed by atoms with Crippen molar-refractivity contribution in [2.45, 2.75) is 38.6 Å². The average Bonchev–Trinajstić information content (AvgIpc) is 3.38. The number of methoxy groups -OCH3 is 1. The topological polar surface area (TPSA) is 75.3 Å². The largest absolute Gasteiger partial charge is 0.465 e. The van der Waals surface area contributed by atoms with Crippen LogP contribution in [0.3, 0.4) is 0 Å². The molecule has 0 bridgehead atoms. The van der Waals surface area contributed by atoms with E-state index in [1.165, 1.54) is 12.7 Å². The first-order valence-electron chi connectivity index (χ1n) is 9.98. The van der Waals surface area contributed by atoms with Crippen LogP contribution in [-0.4, -0.2) is 40.4 Å². The number of amides is 1. The fourth-order valence-electron chi connectivity index (χ4n) is 3.97. The minimum Gasteiger partial charge on any atom is -0.465 e. The van der Waals surface area contributed by atoms with E-state index in [1.807, 2.05) is 23.1 Å². The zero-order chi connectivity index (χ0) is 20.4. The molecule has 1 aromatic heterocycles. The van der Waals surface area contributed by atoms with Crippen LogP contribution < -0.4 is 0 Å². The Morgan fingerprint density at radius 3 is 2.76 bits per heavy atom. The van der Waals surface area contributed by atoms with E-state index in [0.717, 1.165) is 41.8 Å². The molecule has 4 rings (SSSR count). The van der Waals surface area contributed by atoms with Gasteiger partial charge in [0.1, 0.15) is 5.82 Å². The molecule has 2 aromatic carbocycles. The third-order valence-corrected chi connectivity index (χ3v) is 5.55. The number of H-pyrrole nitrogens is 1. The number of benzene rings is 2. The molecule has 1 atom stereocenters. The van der Waals surface area contributed by atoms with Crippen molar-refractivity contribution in [1.82, 2.24) is 14.9 Å². The van der Waals surface area contributed by atoms with Gasteiger partial charge >= 0.3 is 5.97 Å². The number of hydrogen-bond acceptors (Lipinski definition) is 4. The van der Waals surface area contributed by atoms with Gasteiger partial charge in [-0.1, -0.05) is 18.2 Å². The lowest BCUT2D eigenvalue weighted by Crippen LogP contribution is -2.31. The second-order valence-corrected chi connectivity index (χ2v) is 7.58. The average molecular weight is 391 g/mol. The van der Waals surface area contributed by atoms with Gasteiger partial charge < -0.3 is 14.6 Å². The minimum atomic E-state index is -0.353. The number of nitrogens with one attached hydrogen (secondary N) is 1. The maximum Gasteiger partial charge on any atom is 0.337 e. The van der Waals surface area contributed by atoms with Gasteiger partial charge in [0, 0.05) is 13.0 Å². The highest BCUT2D eigenvalue weighted by atomic mass is 16.5. The number of fused-ring (bicyclic) bond motifs is 1. The molecule has 3 aromatic rings. The summed E-state index contributed by atoms with van der Waals surface area (Å²) in [5, 5.41) is 0. The molecule has 0 aliphatic carbocycles. The van der Waals surface area contributed by atoms with E-state index in [2.05, 4.69) is 24.0 Å². The Morgan fingerprint density at radius 1 is 1.21 bits per heavy atom. The van der Waals surface area contributed by atoms with Gasteiger partial charge in [0.15, 0.2) is 0 Å². The van der Waals surface area contributed by atoms with E-state index >= 15 is 0 Å². The fourth-order valence-corrected chi connectivity index (χ4v) is 3.97. The monoisotopic (exact) mass is 391 g/mol. The summed E-state index contributed by atoms with van der Waals surface area (Å²) in [5.74, 6) is 0.661. The molecule has 1 amide bonds. The highest BCUT2D eigenvalue weighted by Gasteiger charge is 2.31. The standard InChI is InChI=1S/C23H25N3O3/c1-15-5-11-18-19(14-15)25-22(24-18)20-4-3-13-26(20)21(27)12-8-16-6-9-17(10-7-16)23(28)29-2/h5-7,9-11,14,20H,3-4,8,12-13H2,1-2H3,(H,24,25). The summed E-state index contributed by atoms with van der Waals surface area (Å²) in [6.45, 7) is 2.82. The first kappa shape index (κ1) is 19.2. The second-order valence-electron chi connectivity index (χ2n) is 7.58. The molecule has 1 N–H and O–H groups in total. The van der Waals surface area contributed by atoms with Crippen molar-refractivity contribution in [2.75, 3.05) is 13.7 Å². The number of carbonyl (C=O) groups excluding carboxylic acids is 2. The Balaban J connectivity index is 1.42. The molecule has 0 radical (unpaired) electrons. The van der Waals surface area contributed by atoms with Crippen molar-refractivity contribution < 1.29 is 14.3 Å². The van der Waals surface area contributed by atoms with E-state index in [9.17, 15) is 9.59 Å². The van der Waals surface area contributed by atoms with Crippen LogP contribution >= 0.6 is 0 Å². The molecule has 1 unspecified atom stereocenters. The van der Waals surface area contributed by atoms with Crippen LogP contribution in [0.4, 0.5) is 0 Å². The molecule has 6 nitrogen and oxygen atoms in total. The van der Waals surface area contributed by atoms with Gasteiger partial charge in [-0.3, -0.25) is 4.79 Å². The number of aryl methyl sites for hydroxylation is 2. The van der Waals surface area contributed by atoms with Crippen LogP contribution in [-0.2, 0) is 16.0 Å². The summed E-state index contributed by atoms with van der Waals surface area (Å²) in [7, 11) is 1.37. The van der Waals surface area contributed by atoms with Crippen molar-refractivity contribution in [3.8, 4) is 0 Å². The lowest BCUT2D eigenvalue weighted by molar-refractivity contribution is -0.132. The molecule has 1 saturated heterocycles. The van der Waals surface area contributed by atoms with Crippen molar-refractivity contribution in [2.24, 2.45) is 0 Å². The van der Waals surface area contributed by atoms with Gasteiger partial charge in [0.25, 0.3) is 0 Å².